The number of hydrogen-bond donors (Lipinski definition) is 0. The van der Waals surface area contributed by atoms with Crippen molar-refractivity contribution in [3.8, 4) is 0 Å². The Hall–Kier alpha value is -2.04. The third kappa shape index (κ3) is 2.66. The molecule has 128 valence electrons. The SMILES string of the molecule is CC(=O)N1CCC(C(=O)N2CCN3c4ccccc4CC3C2)CC1. The highest BCUT2D eigenvalue weighted by molar-refractivity contribution is 5.80. The zero-order valence-electron chi connectivity index (χ0n) is 14.3. The maximum absolute atomic E-state index is 12.9. The zero-order chi connectivity index (χ0) is 16.7. The lowest BCUT2D eigenvalue weighted by Crippen LogP contribution is -2.55. The minimum absolute atomic E-state index is 0.0935. The van der Waals surface area contributed by atoms with Crippen molar-refractivity contribution >= 4 is 17.5 Å². The second kappa shape index (κ2) is 6.11. The number of rotatable bonds is 1. The quantitative estimate of drug-likeness (QED) is 0.785. The number of piperidine rings is 1. The molecule has 2 saturated heterocycles. The van der Waals surface area contributed by atoms with Gasteiger partial charge in [0.05, 0.1) is 6.04 Å². The highest BCUT2D eigenvalue weighted by Crippen LogP contribution is 2.34. The summed E-state index contributed by atoms with van der Waals surface area (Å²) in [5.41, 5.74) is 2.76. The van der Waals surface area contributed by atoms with Gasteiger partial charge in [0.1, 0.15) is 0 Å². The summed E-state index contributed by atoms with van der Waals surface area (Å²) in [6, 6.07) is 9.03. The molecule has 1 unspecified atom stereocenters. The van der Waals surface area contributed by atoms with Crippen molar-refractivity contribution in [2.75, 3.05) is 37.6 Å². The van der Waals surface area contributed by atoms with Crippen molar-refractivity contribution in [2.45, 2.75) is 32.2 Å². The molecule has 1 aromatic carbocycles. The van der Waals surface area contributed by atoms with Crippen LogP contribution in [0, 0.1) is 5.92 Å². The highest BCUT2D eigenvalue weighted by atomic mass is 16.2. The van der Waals surface area contributed by atoms with Gasteiger partial charge in [0.2, 0.25) is 11.8 Å². The van der Waals surface area contributed by atoms with E-state index >= 15 is 0 Å². The fourth-order valence-electron chi connectivity index (χ4n) is 4.46. The Labute approximate surface area is 143 Å². The summed E-state index contributed by atoms with van der Waals surface area (Å²) in [5.74, 6) is 0.517. The molecule has 0 aromatic heterocycles. The second-order valence-electron chi connectivity index (χ2n) is 7.24. The summed E-state index contributed by atoms with van der Waals surface area (Å²) in [7, 11) is 0. The highest BCUT2D eigenvalue weighted by Gasteiger charge is 2.37. The Balaban J connectivity index is 1.38. The molecular formula is C19H25N3O2. The van der Waals surface area contributed by atoms with E-state index in [0.29, 0.717) is 11.9 Å². The Morgan fingerprint density at radius 3 is 2.50 bits per heavy atom. The first kappa shape index (κ1) is 15.5. The molecule has 0 aliphatic carbocycles. The lowest BCUT2D eigenvalue weighted by Gasteiger charge is -2.41. The molecule has 24 heavy (non-hydrogen) atoms. The van der Waals surface area contributed by atoms with E-state index in [1.54, 1.807) is 6.92 Å². The number of likely N-dealkylation sites (tertiary alicyclic amines) is 1. The summed E-state index contributed by atoms with van der Waals surface area (Å²) in [6.07, 6.45) is 2.66. The van der Waals surface area contributed by atoms with Crippen molar-refractivity contribution in [2.24, 2.45) is 5.92 Å². The van der Waals surface area contributed by atoms with Crippen LogP contribution in [-0.4, -0.2) is 60.4 Å². The largest absolute Gasteiger partial charge is 0.364 e. The normalized spacial score (nSPS) is 23.9. The molecule has 5 nitrogen and oxygen atoms in total. The van der Waals surface area contributed by atoms with Crippen molar-refractivity contribution in [3.63, 3.8) is 0 Å². The summed E-state index contributed by atoms with van der Waals surface area (Å²) in [4.78, 5) is 30.7. The smallest absolute Gasteiger partial charge is 0.225 e. The molecule has 3 aliphatic heterocycles. The Bertz CT molecular complexity index is 652. The predicted octanol–water partition coefficient (Wildman–Crippen LogP) is 1.52. The molecular weight excluding hydrogens is 302 g/mol. The zero-order valence-corrected chi connectivity index (χ0v) is 14.3. The van der Waals surface area contributed by atoms with Crippen LogP contribution in [0.4, 0.5) is 5.69 Å². The number of hydrogen-bond acceptors (Lipinski definition) is 3. The van der Waals surface area contributed by atoms with Crippen LogP contribution in [0.2, 0.25) is 0 Å². The van der Waals surface area contributed by atoms with Crippen LogP contribution in [-0.2, 0) is 16.0 Å². The van der Waals surface area contributed by atoms with Gasteiger partial charge in [0.25, 0.3) is 0 Å². The number of piperazine rings is 1. The van der Waals surface area contributed by atoms with E-state index in [-0.39, 0.29) is 11.8 Å². The van der Waals surface area contributed by atoms with Gasteiger partial charge in [0, 0.05) is 51.3 Å². The van der Waals surface area contributed by atoms with E-state index in [2.05, 4.69) is 34.1 Å². The third-order valence-electron chi connectivity index (χ3n) is 5.84. The minimum atomic E-state index is 0.0935. The maximum Gasteiger partial charge on any atom is 0.225 e. The summed E-state index contributed by atoms with van der Waals surface area (Å²) in [6.45, 7) is 5.64. The molecule has 3 aliphatic rings. The van der Waals surface area contributed by atoms with Crippen LogP contribution < -0.4 is 4.90 Å². The first-order chi connectivity index (χ1) is 11.6. The van der Waals surface area contributed by atoms with E-state index in [0.717, 1.165) is 52.0 Å². The molecule has 2 fully saturated rings. The van der Waals surface area contributed by atoms with Crippen molar-refractivity contribution < 1.29 is 9.59 Å². The van der Waals surface area contributed by atoms with E-state index in [9.17, 15) is 9.59 Å². The van der Waals surface area contributed by atoms with Gasteiger partial charge in [-0.3, -0.25) is 9.59 Å². The number of para-hydroxylation sites is 1. The van der Waals surface area contributed by atoms with Crippen molar-refractivity contribution in [1.29, 1.82) is 0 Å². The molecule has 2 amide bonds. The van der Waals surface area contributed by atoms with Gasteiger partial charge < -0.3 is 14.7 Å². The Morgan fingerprint density at radius 1 is 1.00 bits per heavy atom. The standard InChI is InChI=1S/C19H25N3O2/c1-14(23)20-8-6-15(7-9-20)19(24)21-10-11-22-17(13-21)12-16-4-2-3-5-18(16)22/h2-5,15,17H,6-13H2,1H3. The van der Waals surface area contributed by atoms with Crippen molar-refractivity contribution in [1.82, 2.24) is 9.80 Å². The van der Waals surface area contributed by atoms with E-state index in [1.807, 2.05) is 4.90 Å². The number of amides is 2. The van der Waals surface area contributed by atoms with Crippen molar-refractivity contribution in [3.05, 3.63) is 29.8 Å². The number of benzene rings is 1. The molecule has 0 radical (unpaired) electrons. The summed E-state index contributed by atoms with van der Waals surface area (Å²) in [5, 5.41) is 0. The molecule has 3 heterocycles. The van der Waals surface area contributed by atoms with Crippen LogP contribution >= 0.6 is 0 Å². The average Bonchev–Trinajstić information content (AvgIpc) is 2.99. The van der Waals surface area contributed by atoms with Gasteiger partial charge in [-0.25, -0.2) is 0 Å². The van der Waals surface area contributed by atoms with Gasteiger partial charge in [-0.05, 0) is 30.9 Å². The molecule has 1 aromatic rings. The number of carbonyl (C=O) groups is 2. The summed E-state index contributed by atoms with van der Waals surface area (Å²) < 4.78 is 0. The fourth-order valence-corrected chi connectivity index (χ4v) is 4.46. The van der Waals surface area contributed by atoms with Gasteiger partial charge in [-0.1, -0.05) is 18.2 Å². The predicted molar refractivity (Wildman–Crippen MR) is 92.8 cm³/mol. The Morgan fingerprint density at radius 2 is 1.75 bits per heavy atom. The summed E-state index contributed by atoms with van der Waals surface area (Å²) >= 11 is 0. The van der Waals surface area contributed by atoms with E-state index in [4.69, 9.17) is 0 Å². The van der Waals surface area contributed by atoms with Gasteiger partial charge in [0.15, 0.2) is 0 Å². The first-order valence-electron chi connectivity index (χ1n) is 9.02. The number of fused-ring (bicyclic) bond motifs is 3. The molecule has 0 saturated carbocycles. The molecule has 5 heteroatoms. The first-order valence-corrected chi connectivity index (χ1v) is 9.02. The van der Waals surface area contributed by atoms with Crippen LogP contribution in [0.1, 0.15) is 25.3 Å². The topological polar surface area (TPSA) is 43.9 Å². The molecule has 4 rings (SSSR count). The lowest BCUT2D eigenvalue weighted by molar-refractivity contribution is -0.140. The van der Waals surface area contributed by atoms with E-state index in [1.165, 1.54) is 11.3 Å². The lowest BCUT2D eigenvalue weighted by atomic mass is 9.94. The van der Waals surface area contributed by atoms with Gasteiger partial charge >= 0.3 is 0 Å². The average molecular weight is 327 g/mol. The molecule has 0 N–H and O–H groups in total. The van der Waals surface area contributed by atoms with Crippen LogP contribution in [0.25, 0.3) is 0 Å². The maximum atomic E-state index is 12.9. The number of nitrogens with zero attached hydrogens (tertiary/aromatic N) is 3. The number of anilines is 1. The molecule has 1 atom stereocenters. The Kier molecular flexibility index (Phi) is 3.94. The third-order valence-corrected chi connectivity index (χ3v) is 5.84. The monoisotopic (exact) mass is 327 g/mol. The van der Waals surface area contributed by atoms with Crippen LogP contribution in [0.3, 0.4) is 0 Å². The van der Waals surface area contributed by atoms with E-state index < -0.39 is 0 Å². The second-order valence-corrected chi connectivity index (χ2v) is 7.24. The molecule has 0 bridgehead atoms. The van der Waals surface area contributed by atoms with Crippen LogP contribution in [0.5, 0.6) is 0 Å². The molecule has 0 spiro atoms. The van der Waals surface area contributed by atoms with Crippen LogP contribution in [0.15, 0.2) is 24.3 Å². The fraction of sp³-hybridized carbons (Fsp3) is 0.579. The number of carbonyl (C=O) groups excluding carboxylic acids is 2. The van der Waals surface area contributed by atoms with Gasteiger partial charge in [-0.2, -0.15) is 0 Å². The van der Waals surface area contributed by atoms with Gasteiger partial charge in [-0.15, -0.1) is 0 Å². The minimum Gasteiger partial charge on any atom is -0.364 e.